The minimum absolute atomic E-state index is 0.914. The first kappa shape index (κ1) is 4.49. The molecule has 2 rings (SSSR count). The fourth-order valence-electron chi connectivity index (χ4n) is 0.797. The van der Waals surface area contributed by atoms with Crippen LogP contribution < -0.4 is 0 Å². The lowest BCUT2D eigenvalue weighted by atomic mass is 10.4. The van der Waals surface area contributed by atoms with Gasteiger partial charge in [-0.2, -0.15) is 5.10 Å². The molecule has 0 aliphatic rings. The van der Waals surface area contributed by atoms with Crippen molar-refractivity contribution in [2.24, 2.45) is 0 Å². The quantitative estimate of drug-likeness (QED) is 0.561. The molecule has 2 aromatic rings. The van der Waals surface area contributed by atoms with Gasteiger partial charge in [-0.05, 0) is 6.07 Å². The van der Waals surface area contributed by atoms with Crippen molar-refractivity contribution < 1.29 is 0 Å². The zero-order valence-corrected chi connectivity index (χ0v) is 4.70. The van der Waals surface area contributed by atoms with E-state index in [2.05, 4.69) is 15.2 Å². The fraction of sp³-hybridized carbons (Fsp3) is 0. The van der Waals surface area contributed by atoms with Crippen LogP contribution in [0.3, 0.4) is 0 Å². The third kappa shape index (κ3) is 0.579. The molecule has 0 bridgehead atoms. The molecule has 0 radical (unpaired) electrons. The van der Waals surface area contributed by atoms with Gasteiger partial charge in [0.2, 0.25) is 0 Å². The van der Waals surface area contributed by atoms with Gasteiger partial charge >= 0.3 is 0 Å². The fourth-order valence-corrected chi connectivity index (χ4v) is 0.797. The summed E-state index contributed by atoms with van der Waals surface area (Å²) in [6, 6.07) is 1.92. The second-order valence-electron chi connectivity index (χ2n) is 1.83. The first-order valence-electron chi connectivity index (χ1n) is 2.71. The van der Waals surface area contributed by atoms with Crippen LogP contribution in [-0.4, -0.2) is 15.2 Å². The Kier molecular flexibility index (Phi) is 0.773. The Hall–Kier alpha value is -1.38. The maximum absolute atomic E-state index is 3.86. The molecule has 1 N–H and O–H groups in total. The molecule has 0 fully saturated rings. The van der Waals surface area contributed by atoms with Gasteiger partial charge in [-0.3, -0.25) is 0 Å². The summed E-state index contributed by atoms with van der Waals surface area (Å²) < 4.78 is 0. The van der Waals surface area contributed by atoms with Crippen LogP contribution >= 0.6 is 0 Å². The van der Waals surface area contributed by atoms with Crippen LogP contribution in [0.1, 0.15) is 0 Å². The Labute approximate surface area is 51.7 Å². The molecule has 3 nitrogen and oxygen atoms in total. The van der Waals surface area contributed by atoms with E-state index in [1.807, 2.05) is 18.5 Å². The van der Waals surface area contributed by atoms with Gasteiger partial charge in [0.1, 0.15) is 5.52 Å². The van der Waals surface area contributed by atoms with E-state index in [9.17, 15) is 0 Å². The van der Waals surface area contributed by atoms with Crippen LogP contribution in [0.5, 0.6) is 0 Å². The lowest BCUT2D eigenvalue weighted by molar-refractivity contribution is 1.08. The molecule has 0 saturated heterocycles. The summed E-state index contributed by atoms with van der Waals surface area (Å²) in [6.45, 7) is 0. The number of hydrogen-bond acceptors (Lipinski definition) is 2. The van der Waals surface area contributed by atoms with Crippen LogP contribution in [0.4, 0.5) is 0 Å². The number of aromatic nitrogens is 3. The minimum atomic E-state index is 0.914. The van der Waals surface area contributed by atoms with E-state index in [-0.39, 0.29) is 0 Å². The lowest BCUT2D eigenvalue weighted by Gasteiger charge is -1.80. The molecule has 2 heterocycles. The molecule has 9 heavy (non-hydrogen) atoms. The third-order valence-corrected chi connectivity index (χ3v) is 1.24. The van der Waals surface area contributed by atoms with Gasteiger partial charge in [-0.25, -0.2) is 0 Å². The molecule has 2 aromatic heterocycles. The lowest BCUT2D eigenvalue weighted by Crippen LogP contribution is -1.75. The van der Waals surface area contributed by atoms with Crippen molar-refractivity contribution in [1.29, 1.82) is 0 Å². The highest BCUT2D eigenvalue weighted by Gasteiger charge is 1.89. The van der Waals surface area contributed by atoms with Gasteiger partial charge in [0.25, 0.3) is 0 Å². The highest BCUT2D eigenvalue weighted by Crippen LogP contribution is 2.05. The van der Waals surface area contributed by atoms with Gasteiger partial charge in [0.05, 0.1) is 6.20 Å². The van der Waals surface area contributed by atoms with Crippen molar-refractivity contribution in [1.82, 2.24) is 15.2 Å². The number of nitrogens with one attached hydrogen (secondary N) is 1. The van der Waals surface area contributed by atoms with E-state index in [1.165, 1.54) is 0 Å². The predicted molar refractivity (Wildman–Crippen MR) is 33.9 cm³/mol. The van der Waals surface area contributed by atoms with Crippen molar-refractivity contribution in [3.63, 3.8) is 0 Å². The molecule has 0 saturated carbocycles. The molecule has 0 aliphatic heterocycles. The third-order valence-electron chi connectivity index (χ3n) is 1.24. The van der Waals surface area contributed by atoms with Gasteiger partial charge in [-0.15, -0.1) is 5.10 Å². The molecular formula is C6H5N3. The molecule has 0 spiro atoms. The SMILES string of the molecule is c1cc2c[nH]cc2nn1. The van der Waals surface area contributed by atoms with Crippen LogP contribution in [0.2, 0.25) is 0 Å². The summed E-state index contributed by atoms with van der Waals surface area (Å²) in [5.74, 6) is 0. The summed E-state index contributed by atoms with van der Waals surface area (Å²) in [7, 11) is 0. The predicted octanol–water partition coefficient (Wildman–Crippen LogP) is 0.958. The second kappa shape index (κ2) is 1.55. The van der Waals surface area contributed by atoms with E-state index < -0.39 is 0 Å². The minimum Gasteiger partial charge on any atom is -0.365 e. The molecular weight excluding hydrogens is 114 g/mol. The Balaban J connectivity index is 2.95. The monoisotopic (exact) mass is 119 g/mol. The van der Waals surface area contributed by atoms with Crippen LogP contribution in [0.25, 0.3) is 10.9 Å². The first-order chi connectivity index (χ1) is 4.47. The van der Waals surface area contributed by atoms with E-state index in [0.717, 1.165) is 10.9 Å². The summed E-state index contributed by atoms with van der Waals surface area (Å²) in [5.41, 5.74) is 0.914. The molecule has 3 heteroatoms. The molecule has 0 atom stereocenters. The van der Waals surface area contributed by atoms with E-state index >= 15 is 0 Å². The number of H-pyrrole nitrogens is 1. The smallest absolute Gasteiger partial charge is 0.110 e. The standard InChI is InChI=1S/C6H5N3/c1-2-8-9-6-4-7-3-5(1)6/h1-4,7H. The Morgan fingerprint density at radius 1 is 1.33 bits per heavy atom. The largest absolute Gasteiger partial charge is 0.365 e. The summed E-state index contributed by atoms with van der Waals surface area (Å²) in [6.07, 6.45) is 5.39. The van der Waals surface area contributed by atoms with Crippen molar-refractivity contribution >= 4 is 10.9 Å². The highest BCUT2D eigenvalue weighted by atomic mass is 15.1. The maximum atomic E-state index is 3.86. The Morgan fingerprint density at radius 3 is 3.22 bits per heavy atom. The van der Waals surface area contributed by atoms with Gasteiger partial charge in [0, 0.05) is 17.8 Å². The normalized spacial score (nSPS) is 10.2. The van der Waals surface area contributed by atoms with E-state index in [0.29, 0.717) is 0 Å². The number of hydrogen-bond donors (Lipinski definition) is 1. The zero-order valence-electron chi connectivity index (χ0n) is 4.70. The molecule has 0 aliphatic carbocycles. The average molecular weight is 119 g/mol. The maximum Gasteiger partial charge on any atom is 0.110 e. The van der Waals surface area contributed by atoms with E-state index in [1.54, 1.807) is 6.20 Å². The van der Waals surface area contributed by atoms with Gasteiger partial charge < -0.3 is 4.98 Å². The Morgan fingerprint density at radius 2 is 2.33 bits per heavy atom. The summed E-state index contributed by atoms with van der Waals surface area (Å²) >= 11 is 0. The highest BCUT2D eigenvalue weighted by molar-refractivity contribution is 5.76. The van der Waals surface area contributed by atoms with Crippen molar-refractivity contribution in [2.75, 3.05) is 0 Å². The topological polar surface area (TPSA) is 41.6 Å². The summed E-state index contributed by atoms with van der Waals surface area (Å²) in [5, 5.41) is 8.68. The van der Waals surface area contributed by atoms with Gasteiger partial charge in [-0.1, -0.05) is 0 Å². The van der Waals surface area contributed by atoms with Crippen molar-refractivity contribution in [3.05, 3.63) is 24.7 Å². The molecule has 0 aromatic carbocycles. The first-order valence-corrected chi connectivity index (χ1v) is 2.71. The summed E-state index contributed by atoms with van der Waals surface area (Å²) in [4.78, 5) is 2.94. The van der Waals surface area contributed by atoms with E-state index in [4.69, 9.17) is 0 Å². The zero-order chi connectivity index (χ0) is 6.10. The Bertz CT molecular complexity index is 282. The van der Waals surface area contributed by atoms with Crippen molar-refractivity contribution in [3.8, 4) is 0 Å². The average Bonchev–Trinajstić information content (AvgIpc) is 2.33. The van der Waals surface area contributed by atoms with Gasteiger partial charge in [0.15, 0.2) is 0 Å². The number of nitrogens with zero attached hydrogens (tertiary/aromatic N) is 2. The van der Waals surface area contributed by atoms with Crippen LogP contribution in [0, 0.1) is 0 Å². The molecule has 0 unspecified atom stereocenters. The second-order valence-corrected chi connectivity index (χ2v) is 1.83. The number of rotatable bonds is 0. The van der Waals surface area contributed by atoms with Crippen LogP contribution in [0.15, 0.2) is 24.7 Å². The molecule has 44 valence electrons. The number of aromatic amines is 1. The van der Waals surface area contributed by atoms with Crippen LogP contribution in [-0.2, 0) is 0 Å². The molecule has 0 amide bonds. The van der Waals surface area contributed by atoms with Crippen molar-refractivity contribution in [2.45, 2.75) is 0 Å². The number of fused-ring (bicyclic) bond motifs is 1.